The zero-order valence-electron chi connectivity index (χ0n) is 6.80. The van der Waals surface area contributed by atoms with Gasteiger partial charge in [-0.1, -0.05) is 0 Å². The predicted octanol–water partition coefficient (Wildman–Crippen LogP) is 2.58. The van der Waals surface area contributed by atoms with Gasteiger partial charge in [0.1, 0.15) is 0 Å². The van der Waals surface area contributed by atoms with Gasteiger partial charge in [-0.25, -0.2) is 4.79 Å². The number of nitrogen functional groups attached to an aromatic ring is 1. The van der Waals surface area contributed by atoms with Crippen LogP contribution in [-0.2, 0) is 4.74 Å². The Morgan fingerprint density at radius 2 is 1.92 bits per heavy atom. The number of benzene rings is 1. The molecular formula is C8H7Br2NO2. The second-order valence-corrected chi connectivity index (χ2v) is 4.05. The maximum Gasteiger partial charge on any atom is 0.339 e. The Morgan fingerprint density at radius 1 is 1.38 bits per heavy atom. The van der Waals surface area contributed by atoms with E-state index in [1.807, 2.05) is 0 Å². The molecule has 2 N–H and O–H groups in total. The highest BCUT2D eigenvalue weighted by molar-refractivity contribution is 9.13. The smallest absolute Gasteiger partial charge is 0.339 e. The number of esters is 1. The summed E-state index contributed by atoms with van der Waals surface area (Å²) in [6, 6.07) is 3.27. The Labute approximate surface area is 92.5 Å². The lowest BCUT2D eigenvalue weighted by molar-refractivity contribution is 0.0602. The van der Waals surface area contributed by atoms with E-state index in [-0.39, 0.29) is 0 Å². The Bertz CT molecular complexity index is 352. The first-order valence-electron chi connectivity index (χ1n) is 3.39. The highest BCUT2D eigenvalue weighted by Crippen LogP contribution is 2.28. The van der Waals surface area contributed by atoms with Crippen molar-refractivity contribution < 1.29 is 9.53 Å². The number of ether oxygens (including phenoxy) is 1. The SMILES string of the molecule is COC(=O)c1cc(Br)c(Br)cc1N. The second-order valence-electron chi connectivity index (χ2n) is 2.35. The number of methoxy groups -OCH3 is 1. The molecule has 0 saturated heterocycles. The van der Waals surface area contributed by atoms with E-state index < -0.39 is 5.97 Å². The van der Waals surface area contributed by atoms with E-state index in [9.17, 15) is 4.79 Å². The van der Waals surface area contributed by atoms with Crippen molar-refractivity contribution >= 4 is 43.5 Å². The van der Waals surface area contributed by atoms with Gasteiger partial charge in [0.25, 0.3) is 0 Å². The van der Waals surface area contributed by atoms with Gasteiger partial charge in [-0.3, -0.25) is 0 Å². The molecule has 0 aromatic heterocycles. The maximum absolute atomic E-state index is 11.2. The molecule has 0 fully saturated rings. The number of anilines is 1. The fourth-order valence-electron chi connectivity index (χ4n) is 0.849. The van der Waals surface area contributed by atoms with Gasteiger partial charge in [-0.05, 0) is 44.0 Å². The largest absolute Gasteiger partial charge is 0.465 e. The molecular weight excluding hydrogens is 302 g/mol. The van der Waals surface area contributed by atoms with Crippen molar-refractivity contribution in [2.75, 3.05) is 12.8 Å². The van der Waals surface area contributed by atoms with Crippen LogP contribution in [0.2, 0.25) is 0 Å². The van der Waals surface area contributed by atoms with Crippen LogP contribution in [0.1, 0.15) is 10.4 Å². The van der Waals surface area contributed by atoms with Gasteiger partial charge in [0.15, 0.2) is 0 Å². The van der Waals surface area contributed by atoms with Gasteiger partial charge < -0.3 is 10.5 Å². The molecule has 0 aliphatic carbocycles. The first-order valence-corrected chi connectivity index (χ1v) is 4.97. The first-order chi connectivity index (χ1) is 6.06. The van der Waals surface area contributed by atoms with Gasteiger partial charge in [-0.2, -0.15) is 0 Å². The van der Waals surface area contributed by atoms with E-state index in [2.05, 4.69) is 36.6 Å². The van der Waals surface area contributed by atoms with Crippen LogP contribution in [-0.4, -0.2) is 13.1 Å². The molecule has 0 atom stereocenters. The molecule has 13 heavy (non-hydrogen) atoms. The van der Waals surface area contributed by atoms with Crippen molar-refractivity contribution in [1.29, 1.82) is 0 Å². The summed E-state index contributed by atoms with van der Waals surface area (Å²) < 4.78 is 6.13. The number of rotatable bonds is 1. The molecule has 0 aliphatic rings. The van der Waals surface area contributed by atoms with Gasteiger partial charge >= 0.3 is 5.97 Å². The molecule has 70 valence electrons. The fourth-order valence-corrected chi connectivity index (χ4v) is 1.55. The van der Waals surface area contributed by atoms with Crippen LogP contribution in [0.3, 0.4) is 0 Å². The quantitative estimate of drug-likeness (QED) is 0.641. The maximum atomic E-state index is 11.2. The van der Waals surface area contributed by atoms with Crippen LogP contribution in [0, 0.1) is 0 Å². The van der Waals surface area contributed by atoms with Gasteiger partial charge in [0.2, 0.25) is 0 Å². The number of carbonyl (C=O) groups excluding carboxylic acids is 1. The molecule has 0 amide bonds. The van der Waals surface area contributed by atoms with Crippen LogP contribution >= 0.6 is 31.9 Å². The summed E-state index contributed by atoms with van der Waals surface area (Å²) in [5.41, 5.74) is 6.36. The van der Waals surface area contributed by atoms with Crippen molar-refractivity contribution in [3.05, 3.63) is 26.6 Å². The molecule has 1 rings (SSSR count). The summed E-state index contributed by atoms with van der Waals surface area (Å²) in [4.78, 5) is 11.2. The zero-order valence-corrected chi connectivity index (χ0v) is 9.98. The molecule has 0 saturated carbocycles. The summed E-state index contributed by atoms with van der Waals surface area (Å²) in [5, 5.41) is 0. The average molecular weight is 309 g/mol. The third kappa shape index (κ3) is 2.22. The van der Waals surface area contributed by atoms with Crippen LogP contribution in [0.4, 0.5) is 5.69 Å². The predicted molar refractivity (Wildman–Crippen MR) is 57.6 cm³/mol. The normalized spacial score (nSPS) is 9.77. The lowest BCUT2D eigenvalue weighted by Gasteiger charge is -2.05. The Kier molecular flexibility index (Phi) is 3.33. The van der Waals surface area contributed by atoms with Crippen LogP contribution in [0.15, 0.2) is 21.1 Å². The monoisotopic (exact) mass is 307 g/mol. The third-order valence-corrected chi connectivity index (χ3v) is 3.34. The molecule has 0 bridgehead atoms. The molecule has 5 heteroatoms. The van der Waals surface area contributed by atoms with Crippen LogP contribution < -0.4 is 5.73 Å². The minimum Gasteiger partial charge on any atom is -0.465 e. The van der Waals surface area contributed by atoms with E-state index in [4.69, 9.17) is 5.73 Å². The zero-order chi connectivity index (χ0) is 10.0. The molecule has 0 heterocycles. The topological polar surface area (TPSA) is 52.3 Å². The molecule has 0 radical (unpaired) electrons. The summed E-state index contributed by atoms with van der Waals surface area (Å²) >= 11 is 6.54. The summed E-state index contributed by atoms with van der Waals surface area (Å²) in [7, 11) is 1.32. The van der Waals surface area contributed by atoms with Crippen LogP contribution in [0.5, 0.6) is 0 Å². The van der Waals surface area contributed by atoms with Gasteiger partial charge in [0, 0.05) is 14.6 Å². The number of hydrogen-bond acceptors (Lipinski definition) is 3. The van der Waals surface area contributed by atoms with Gasteiger partial charge in [-0.15, -0.1) is 0 Å². The summed E-state index contributed by atoms with van der Waals surface area (Å²) in [6.45, 7) is 0. The Balaban J connectivity index is 3.23. The molecule has 0 aliphatic heterocycles. The molecule has 1 aromatic rings. The third-order valence-electron chi connectivity index (χ3n) is 1.50. The Morgan fingerprint density at radius 3 is 2.46 bits per heavy atom. The lowest BCUT2D eigenvalue weighted by Crippen LogP contribution is -2.05. The van der Waals surface area contributed by atoms with E-state index in [1.165, 1.54) is 7.11 Å². The van der Waals surface area contributed by atoms with E-state index >= 15 is 0 Å². The number of halogens is 2. The van der Waals surface area contributed by atoms with Gasteiger partial charge in [0.05, 0.1) is 12.7 Å². The first kappa shape index (κ1) is 10.5. The standard InChI is InChI=1S/C8H7Br2NO2/c1-13-8(12)4-2-5(9)6(10)3-7(4)11/h2-3H,11H2,1H3. The van der Waals surface area contributed by atoms with E-state index in [1.54, 1.807) is 12.1 Å². The fraction of sp³-hybridized carbons (Fsp3) is 0.125. The Hall–Kier alpha value is -0.550. The number of nitrogens with two attached hydrogens (primary N) is 1. The van der Waals surface area contributed by atoms with Crippen molar-refractivity contribution in [3.8, 4) is 0 Å². The summed E-state index contributed by atoms with van der Waals surface area (Å²) in [5.74, 6) is -0.439. The molecule has 3 nitrogen and oxygen atoms in total. The molecule has 0 unspecified atom stereocenters. The van der Waals surface area contributed by atoms with Crippen LogP contribution in [0.25, 0.3) is 0 Å². The number of hydrogen-bond donors (Lipinski definition) is 1. The second kappa shape index (κ2) is 4.11. The minimum absolute atomic E-state index is 0.359. The molecule has 0 spiro atoms. The minimum atomic E-state index is -0.439. The van der Waals surface area contributed by atoms with E-state index in [0.29, 0.717) is 11.3 Å². The number of carbonyl (C=O) groups is 1. The van der Waals surface area contributed by atoms with Crippen molar-refractivity contribution in [3.63, 3.8) is 0 Å². The van der Waals surface area contributed by atoms with Crippen molar-refractivity contribution in [2.24, 2.45) is 0 Å². The molecule has 1 aromatic carbocycles. The van der Waals surface area contributed by atoms with Crippen molar-refractivity contribution in [2.45, 2.75) is 0 Å². The highest BCUT2D eigenvalue weighted by Gasteiger charge is 2.11. The van der Waals surface area contributed by atoms with Crippen molar-refractivity contribution in [1.82, 2.24) is 0 Å². The lowest BCUT2D eigenvalue weighted by atomic mass is 10.2. The average Bonchev–Trinajstić information content (AvgIpc) is 2.10. The van der Waals surface area contributed by atoms with E-state index in [0.717, 1.165) is 8.95 Å². The highest BCUT2D eigenvalue weighted by atomic mass is 79.9. The summed E-state index contributed by atoms with van der Waals surface area (Å²) in [6.07, 6.45) is 0.